The summed E-state index contributed by atoms with van der Waals surface area (Å²) in [5.41, 5.74) is 2.55. The number of halogens is 2. The fourth-order valence-corrected chi connectivity index (χ4v) is 5.66. The highest BCUT2D eigenvalue weighted by molar-refractivity contribution is 6.45. The summed E-state index contributed by atoms with van der Waals surface area (Å²) in [7, 11) is 2.53. The second-order valence-electron chi connectivity index (χ2n) is 10.1. The number of carbonyl (C=O) groups is 1. The van der Waals surface area contributed by atoms with E-state index < -0.39 is 11.8 Å². The molecule has 2 aromatic heterocycles. The van der Waals surface area contributed by atoms with Gasteiger partial charge in [-0.1, -0.05) is 55.9 Å². The van der Waals surface area contributed by atoms with Crippen LogP contribution in [0.5, 0.6) is 0 Å². The number of benzene rings is 1. The first-order chi connectivity index (χ1) is 16.7. The van der Waals surface area contributed by atoms with Crippen molar-refractivity contribution in [1.82, 2.24) is 15.0 Å². The van der Waals surface area contributed by atoms with Crippen molar-refractivity contribution in [2.45, 2.75) is 69.5 Å². The molecule has 181 valence electrons. The highest BCUT2D eigenvalue weighted by atomic mass is 35.5. The van der Waals surface area contributed by atoms with Gasteiger partial charge < -0.3 is 16.0 Å². The van der Waals surface area contributed by atoms with Gasteiger partial charge in [-0.15, -0.1) is 0 Å². The zero-order valence-corrected chi connectivity index (χ0v) is 20.7. The van der Waals surface area contributed by atoms with Crippen LogP contribution in [-0.4, -0.2) is 33.7 Å². The Morgan fingerprint density at radius 3 is 2.69 bits per heavy atom. The Balaban J connectivity index is 1.33. The van der Waals surface area contributed by atoms with Gasteiger partial charge in [-0.05, 0) is 44.0 Å². The number of amides is 2. The van der Waals surface area contributed by atoms with E-state index in [9.17, 15) is 9.18 Å². The topological polar surface area (TPSA) is 91.8 Å². The Morgan fingerprint density at radius 1 is 1.09 bits per heavy atom. The van der Waals surface area contributed by atoms with Gasteiger partial charge in [-0.25, -0.2) is 24.1 Å². The molecule has 2 unspecified atom stereocenters. The van der Waals surface area contributed by atoms with Crippen molar-refractivity contribution in [3.8, 4) is 0 Å². The van der Waals surface area contributed by atoms with Crippen LogP contribution >= 0.6 is 11.6 Å². The van der Waals surface area contributed by atoms with Crippen LogP contribution in [0.1, 0.15) is 57.6 Å². The highest BCUT2D eigenvalue weighted by Crippen LogP contribution is 2.49. The molecule has 10 heteroatoms. The summed E-state index contributed by atoms with van der Waals surface area (Å²) in [5, 5.41) is 9.32. The smallest absolute Gasteiger partial charge is 0.323 e. The lowest BCUT2D eigenvalue weighted by molar-refractivity contribution is 0.262. The summed E-state index contributed by atoms with van der Waals surface area (Å²) in [6.45, 7) is 4.18. The molecule has 35 heavy (non-hydrogen) atoms. The lowest BCUT2D eigenvalue weighted by Gasteiger charge is -2.45. The number of urea groups is 1. The minimum Gasteiger partial charge on any atom is -0.371 e. The fraction of sp³-hybridized carbons (Fsp3) is 0.440. The largest absolute Gasteiger partial charge is 0.371 e. The highest BCUT2D eigenvalue weighted by Gasteiger charge is 2.44. The Bertz CT molecular complexity index is 1290. The zero-order valence-electron chi connectivity index (χ0n) is 19.9. The van der Waals surface area contributed by atoms with Gasteiger partial charge in [0.1, 0.15) is 17.2 Å². The van der Waals surface area contributed by atoms with Gasteiger partial charge in [-0.2, -0.15) is 0 Å². The summed E-state index contributed by atoms with van der Waals surface area (Å²) >= 11 is 5.79. The molecule has 2 amide bonds. The van der Waals surface area contributed by atoms with E-state index in [1.165, 1.54) is 50.3 Å². The van der Waals surface area contributed by atoms with Crippen LogP contribution in [0.3, 0.4) is 0 Å². The van der Waals surface area contributed by atoms with Crippen molar-refractivity contribution in [3.63, 3.8) is 0 Å². The normalized spacial score (nSPS) is 23.8. The standard InChI is InChI=1S/C25H28BClFN6O/c1-15-19(32-23(35)31-16-6-7-18(28)17(27)12-16)13-20-22(30-15)33-21(14-29-20)34-25-10-4-3-8-24(2,26-25)9-5-11-25/h6-7,12-14H,3-5,8-11H2,1-2H3,(H,30,33,34)(H2,31,32,35). The Kier molecular flexibility index (Phi) is 6.29. The zero-order chi connectivity index (χ0) is 24.6. The second kappa shape index (κ2) is 9.26. The molecule has 2 fully saturated rings. The molecular formula is C25H28BClFN6O. The molecule has 2 atom stereocenters. The third kappa shape index (κ3) is 5.20. The van der Waals surface area contributed by atoms with E-state index in [0.717, 1.165) is 18.7 Å². The van der Waals surface area contributed by atoms with Crippen LogP contribution in [0, 0.1) is 12.7 Å². The van der Waals surface area contributed by atoms with E-state index in [1.54, 1.807) is 19.2 Å². The Labute approximate surface area is 209 Å². The van der Waals surface area contributed by atoms with E-state index in [1.807, 2.05) is 0 Å². The maximum atomic E-state index is 13.4. The molecule has 2 bridgehead atoms. The molecule has 0 aliphatic carbocycles. The number of hydrogen-bond donors (Lipinski definition) is 3. The van der Waals surface area contributed by atoms with Crippen molar-refractivity contribution in [2.24, 2.45) is 0 Å². The third-order valence-corrected chi connectivity index (χ3v) is 7.43. The monoisotopic (exact) mass is 493 g/mol. The van der Waals surface area contributed by atoms with Gasteiger partial charge in [0.2, 0.25) is 0 Å². The van der Waals surface area contributed by atoms with Crippen LogP contribution in [0.2, 0.25) is 10.3 Å². The first-order valence-corrected chi connectivity index (χ1v) is 12.4. The first kappa shape index (κ1) is 23.8. The number of rotatable bonds is 4. The lowest BCUT2D eigenvalue weighted by atomic mass is 9.37. The molecule has 3 N–H and O–H groups in total. The predicted octanol–water partition coefficient (Wildman–Crippen LogP) is 6.52. The average molecular weight is 494 g/mol. The summed E-state index contributed by atoms with van der Waals surface area (Å²) in [6.07, 6.45) is 10.1. The first-order valence-electron chi connectivity index (χ1n) is 12.1. The van der Waals surface area contributed by atoms with Crippen LogP contribution < -0.4 is 16.0 Å². The quantitative estimate of drug-likeness (QED) is 0.360. The van der Waals surface area contributed by atoms with E-state index in [-0.39, 0.29) is 15.8 Å². The summed E-state index contributed by atoms with van der Waals surface area (Å²) in [6, 6.07) is 5.24. The summed E-state index contributed by atoms with van der Waals surface area (Å²) < 4.78 is 13.4. The molecule has 2 saturated heterocycles. The maximum Gasteiger partial charge on any atom is 0.323 e. The van der Waals surface area contributed by atoms with Crippen molar-refractivity contribution in [2.75, 3.05) is 16.0 Å². The Morgan fingerprint density at radius 2 is 1.86 bits per heavy atom. The number of nitrogens with one attached hydrogen (secondary N) is 3. The third-order valence-electron chi connectivity index (χ3n) is 7.14. The van der Waals surface area contributed by atoms with Crippen molar-refractivity contribution in [3.05, 3.63) is 47.0 Å². The summed E-state index contributed by atoms with van der Waals surface area (Å²) in [4.78, 5) is 26.4. The molecule has 7 nitrogen and oxygen atoms in total. The van der Waals surface area contributed by atoms with Crippen molar-refractivity contribution < 1.29 is 9.18 Å². The minimum absolute atomic E-state index is 0.0518. The van der Waals surface area contributed by atoms with Gasteiger partial charge in [0, 0.05) is 11.1 Å². The number of hydrogen-bond acceptors (Lipinski definition) is 5. The number of anilines is 3. The van der Waals surface area contributed by atoms with Gasteiger partial charge in [-0.3, -0.25) is 0 Å². The van der Waals surface area contributed by atoms with Crippen LogP contribution in [-0.2, 0) is 0 Å². The molecule has 1 radical (unpaired) electrons. The van der Waals surface area contributed by atoms with Crippen LogP contribution in [0.15, 0.2) is 30.5 Å². The van der Waals surface area contributed by atoms with Gasteiger partial charge >= 0.3 is 6.03 Å². The van der Waals surface area contributed by atoms with E-state index in [2.05, 4.69) is 40.1 Å². The second-order valence-corrected chi connectivity index (χ2v) is 10.5. The van der Waals surface area contributed by atoms with E-state index in [4.69, 9.17) is 16.6 Å². The number of fused-ring (bicyclic) bond motifs is 3. The van der Waals surface area contributed by atoms with Gasteiger partial charge in [0.15, 0.2) is 12.9 Å². The number of aryl methyl sites for hydroxylation is 1. The number of aromatic nitrogens is 3. The molecule has 2 aliphatic rings. The molecule has 3 aromatic rings. The molecule has 4 heterocycles. The fourth-order valence-electron chi connectivity index (χ4n) is 5.48. The summed E-state index contributed by atoms with van der Waals surface area (Å²) in [5.74, 6) is 0.173. The molecule has 2 aliphatic heterocycles. The van der Waals surface area contributed by atoms with E-state index in [0.29, 0.717) is 28.2 Å². The molecule has 0 saturated carbocycles. The van der Waals surface area contributed by atoms with Gasteiger partial charge in [0.25, 0.3) is 0 Å². The molecular weight excluding hydrogens is 466 g/mol. The van der Waals surface area contributed by atoms with Crippen molar-refractivity contribution in [1.29, 1.82) is 0 Å². The molecule has 1 aromatic carbocycles. The minimum atomic E-state index is -0.548. The van der Waals surface area contributed by atoms with Crippen molar-refractivity contribution >= 4 is 53.3 Å². The van der Waals surface area contributed by atoms with Gasteiger partial charge in [0.05, 0.1) is 22.6 Å². The number of pyridine rings is 1. The van der Waals surface area contributed by atoms with Crippen LogP contribution in [0.25, 0.3) is 11.2 Å². The van der Waals surface area contributed by atoms with Crippen LogP contribution in [0.4, 0.5) is 26.4 Å². The molecule has 5 rings (SSSR count). The predicted molar refractivity (Wildman–Crippen MR) is 139 cm³/mol. The Hall–Kier alpha value is -2.94. The average Bonchev–Trinajstić information content (AvgIpc) is 2.91. The lowest BCUT2D eigenvalue weighted by Crippen LogP contribution is -2.50. The number of nitrogens with zero attached hydrogens (tertiary/aromatic N) is 3. The van der Waals surface area contributed by atoms with E-state index >= 15 is 0 Å². The molecule has 0 spiro atoms. The SMILES string of the molecule is Cc1nc2nc(NC34[B]C(C)(CCCC3)CCC4)cnc2cc1NC(=O)Nc1ccc(F)c(Cl)c1. The maximum absolute atomic E-state index is 13.4. The number of carbonyl (C=O) groups excluding carboxylic acids is 1.